The van der Waals surface area contributed by atoms with Gasteiger partial charge in [-0.1, -0.05) is 88.7 Å². The van der Waals surface area contributed by atoms with Crippen LogP contribution >= 0.6 is 0 Å². The third-order valence-electron chi connectivity index (χ3n) is 7.65. The Labute approximate surface area is 247 Å². The van der Waals surface area contributed by atoms with Crippen LogP contribution in [-0.4, -0.2) is 22.8 Å². The zero-order valence-corrected chi connectivity index (χ0v) is 24.8. The van der Waals surface area contributed by atoms with Crippen molar-refractivity contribution in [2.45, 2.75) is 77.9 Å². The number of hydrogen-bond donors (Lipinski definition) is 2. The molecule has 0 radical (unpaired) electrons. The largest absolute Gasteiger partial charge is 0.512 e. The van der Waals surface area contributed by atoms with Crippen LogP contribution in [0.1, 0.15) is 76.0 Å². The number of rotatable bonds is 10. The molecule has 0 saturated carbocycles. The van der Waals surface area contributed by atoms with Gasteiger partial charge in [-0.25, -0.2) is 14.0 Å². The highest BCUT2D eigenvalue weighted by Crippen LogP contribution is 2.47. The molecule has 42 heavy (non-hydrogen) atoms. The van der Waals surface area contributed by atoms with Crippen LogP contribution in [0.25, 0.3) is 0 Å². The Hall–Kier alpha value is -4.13. The number of aryl methyl sites for hydroxylation is 1. The van der Waals surface area contributed by atoms with Gasteiger partial charge in [0.1, 0.15) is 23.8 Å². The molecule has 0 aliphatic carbocycles. The maximum atomic E-state index is 13.7. The number of cyclic esters (lactones) is 1. The molecule has 0 saturated heterocycles. The molecule has 0 bridgehead atoms. The van der Waals surface area contributed by atoms with Crippen molar-refractivity contribution in [1.29, 1.82) is 0 Å². The van der Waals surface area contributed by atoms with Crippen molar-refractivity contribution in [3.63, 3.8) is 0 Å². The molecule has 0 aromatic heterocycles. The number of aliphatic hydroxyl groups excluding tert-OH is 1. The highest BCUT2D eigenvalue weighted by atomic mass is 19.1. The molecular weight excluding hydrogens is 533 g/mol. The van der Waals surface area contributed by atoms with Crippen molar-refractivity contribution in [2.24, 2.45) is 5.41 Å². The van der Waals surface area contributed by atoms with Gasteiger partial charge in [-0.15, -0.1) is 0 Å². The lowest BCUT2D eigenvalue weighted by molar-refractivity contribution is -0.161. The number of carbonyl (C=O) groups excluding carboxylic acids is 2. The molecule has 2 N–H and O–H groups in total. The van der Waals surface area contributed by atoms with Crippen LogP contribution in [0.3, 0.4) is 0 Å². The fourth-order valence-electron chi connectivity index (χ4n) is 5.75. The molecule has 4 rings (SSSR count). The average molecular weight is 574 g/mol. The van der Waals surface area contributed by atoms with Crippen LogP contribution in [-0.2, 0) is 27.3 Å². The zero-order valence-electron chi connectivity index (χ0n) is 24.8. The van der Waals surface area contributed by atoms with E-state index in [1.54, 1.807) is 30.3 Å². The van der Waals surface area contributed by atoms with Crippen LogP contribution < -0.4 is 5.32 Å². The second-order valence-corrected chi connectivity index (χ2v) is 12.1. The normalized spacial score (nSPS) is 17.9. The van der Waals surface area contributed by atoms with Gasteiger partial charge in [0.2, 0.25) is 0 Å². The summed E-state index contributed by atoms with van der Waals surface area (Å²) in [6.07, 6.45) is 2.10. The Morgan fingerprint density at radius 3 is 2.38 bits per heavy atom. The van der Waals surface area contributed by atoms with E-state index in [0.717, 1.165) is 23.1 Å². The first-order valence-electron chi connectivity index (χ1n) is 14.5. The van der Waals surface area contributed by atoms with Gasteiger partial charge in [-0.3, -0.25) is 5.32 Å². The van der Waals surface area contributed by atoms with Crippen LogP contribution in [0.5, 0.6) is 0 Å². The first-order valence-corrected chi connectivity index (χ1v) is 14.5. The Balaban J connectivity index is 1.56. The summed E-state index contributed by atoms with van der Waals surface area (Å²) < 4.78 is 24.9. The Kier molecular flexibility index (Phi) is 9.71. The van der Waals surface area contributed by atoms with Crippen molar-refractivity contribution < 1.29 is 28.6 Å². The highest BCUT2D eigenvalue weighted by molar-refractivity contribution is 5.92. The molecule has 3 aromatic carbocycles. The minimum atomic E-state index is -0.845. The molecule has 1 aliphatic rings. The van der Waals surface area contributed by atoms with Crippen molar-refractivity contribution >= 4 is 17.7 Å². The van der Waals surface area contributed by atoms with Gasteiger partial charge in [0.15, 0.2) is 0 Å². The van der Waals surface area contributed by atoms with E-state index in [1.165, 1.54) is 12.1 Å². The number of hydrogen-bond acceptors (Lipinski definition) is 5. The molecule has 6 nitrogen and oxygen atoms in total. The van der Waals surface area contributed by atoms with E-state index < -0.39 is 29.0 Å². The maximum absolute atomic E-state index is 13.7. The van der Waals surface area contributed by atoms with Gasteiger partial charge in [0, 0.05) is 18.0 Å². The minimum Gasteiger partial charge on any atom is -0.512 e. The standard InChI is InChI=1S/C35H40FNO5/c1-5-19-35(20-18-24-14-16-27(36)17-15-24)22-29(38)30(32(39)42-35)31(34(2,3)4)26-12-9-13-28(21-26)37-33(40)41-23-25-10-7-6-8-11-25/h6-17,21,31,38H,5,18-20,22-23H2,1-4H3,(H,37,40). The predicted octanol–water partition coefficient (Wildman–Crippen LogP) is 8.63. The fraction of sp³-hybridized carbons (Fsp3) is 0.371. The van der Waals surface area contributed by atoms with Crippen molar-refractivity contribution in [2.75, 3.05) is 5.32 Å². The lowest BCUT2D eigenvalue weighted by Crippen LogP contribution is -2.43. The summed E-state index contributed by atoms with van der Waals surface area (Å²) in [4.78, 5) is 26.2. The van der Waals surface area contributed by atoms with Crippen molar-refractivity contribution in [3.05, 3.63) is 113 Å². The number of anilines is 1. The molecule has 7 heteroatoms. The highest BCUT2D eigenvalue weighted by Gasteiger charge is 2.46. The molecule has 3 aromatic rings. The van der Waals surface area contributed by atoms with E-state index in [4.69, 9.17) is 9.47 Å². The Morgan fingerprint density at radius 1 is 1.02 bits per heavy atom. The van der Waals surface area contributed by atoms with E-state index in [-0.39, 0.29) is 30.2 Å². The van der Waals surface area contributed by atoms with Gasteiger partial charge in [-0.05, 0) is 65.6 Å². The predicted molar refractivity (Wildman–Crippen MR) is 162 cm³/mol. The topological polar surface area (TPSA) is 84.9 Å². The summed E-state index contributed by atoms with van der Waals surface area (Å²) in [6.45, 7) is 8.17. The van der Waals surface area contributed by atoms with Gasteiger partial charge in [0.05, 0.1) is 5.57 Å². The van der Waals surface area contributed by atoms with Crippen LogP contribution in [0, 0.1) is 11.2 Å². The lowest BCUT2D eigenvalue weighted by atomic mass is 9.70. The van der Waals surface area contributed by atoms with Gasteiger partial charge < -0.3 is 14.6 Å². The first kappa shape index (κ1) is 30.8. The van der Waals surface area contributed by atoms with Gasteiger partial charge in [-0.2, -0.15) is 0 Å². The molecular formula is C35H40FNO5. The number of ether oxygens (including phenoxy) is 2. The third kappa shape index (κ3) is 7.78. The van der Waals surface area contributed by atoms with Crippen LogP contribution in [0.15, 0.2) is 90.2 Å². The summed E-state index contributed by atoms with van der Waals surface area (Å²) in [5, 5.41) is 14.2. The third-order valence-corrected chi connectivity index (χ3v) is 7.65. The first-order chi connectivity index (χ1) is 20.0. The fourth-order valence-corrected chi connectivity index (χ4v) is 5.75. The Morgan fingerprint density at radius 2 is 1.74 bits per heavy atom. The summed E-state index contributed by atoms with van der Waals surface area (Å²) in [5.74, 6) is -1.30. The van der Waals surface area contributed by atoms with E-state index in [2.05, 4.69) is 5.32 Å². The molecule has 1 aliphatic heterocycles. The van der Waals surface area contributed by atoms with Gasteiger partial charge >= 0.3 is 12.1 Å². The number of carbonyl (C=O) groups is 2. The number of benzene rings is 3. The van der Waals surface area contributed by atoms with Crippen molar-refractivity contribution in [3.8, 4) is 0 Å². The quantitative estimate of drug-likeness (QED) is 0.237. The second kappa shape index (κ2) is 13.2. The summed E-state index contributed by atoms with van der Waals surface area (Å²) in [5.41, 5.74) is 2.02. The smallest absolute Gasteiger partial charge is 0.411 e. The van der Waals surface area contributed by atoms with Crippen LogP contribution in [0.2, 0.25) is 0 Å². The number of halogens is 1. The molecule has 1 heterocycles. The minimum absolute atomic E-state index is 0.0272. The molecule has 2 unspecified atom stereocenters. The van der Waals surface area contributed by atoms with Crippen molar-refractivity contribution in [1.82, 2.24) is 0 Å². The Bertz CT molecular complexity index is 1410. The lowest BCUT2D eigenvalue weighted by Gasteiger charge is -2.41. The summed E-state index contributed by atoms with van der Waals surface area (Å²) in [6, 6.07) is 23.0. The monoisotopic (exact) mass is 573 g/mol. The second-order valence-electron chi connectivity index (χ2n) is 12.1. The summed E-state index contributed by atoms with van der Waals surface area (Å²) >= 11 is 0. The molecule has 222 valence electrons. The molecule has 0 fully saturated rings. The molecule has 0 spiro atoms. The maximum Gasteiger partial charge on any atom is 0.411 e. The number of nitrogens with one attached hydrogen (secondary N) is 1. The number of esters is 1. The van der Waals surface area contributed by atoms with E-state index >= 15 is 0 Å². The summed E-state index contributed by atoms with van der Waals surface area (Å²) in [7, 11) is 0. The zero-order chi connectivity index (χ0) is 30.3. The SMILES string of the molecule is CCCC1(CCc2ccc(F)cc2)CC(O)=C(C(c2cccc(NC(=O)OCc3ccccc3)c2)C(C)(C)C)C(=O)O1. The molecule has 1 amide bonds. The number of aliphatic hydroxyl groups is 1. The number of amides is 1. The van der Waals surface area contributed by atoms with E-state index in [0.29, 0.717) is 24.9 Å². The van der Waals surface area contributed by atoms with E-state index in [1.807, 2.05) is 64.1 Å². The van der Waals surface area contributed by atoms with E-state index in [9.17, 15) is 19.1 Å². The van der Waals surface area contributed by atoms with Gasteiger partial charge in [0.25, 0.3) is 0 Å². The van der Waals surface area contributed by atoms with Crippen LogP contribution in [0.4, 0.5) is 14.9 Å². The molecule has 2 atom stereocenters. The average Bonchev–Trinajstić information content (AvgIpc) is 2.94.